The monoisotopic (exact) mass is 318 g/mol. The molecule has 0 N–H and O–H groups in total. The predicted octanol–water partition coefficient (Wildman–Crippen LogP) is 1.14. The first-order chi connectivity index (χ1) is 7.16. The third kappa shape index (κ3) is 2.57. The summed E-state index contributed by atoms with van der Waals surface area (Å²) in [4.78, 5) is 13.5. The van der Waals surface area contributed by atoms with Crippen LogP contribution in [-0.4, -0.2) is 48.1 Å². The van der Waals surface area contributed by atoms with E-state index in [0.717, 1.165) is 41.4 Å². The average Bonchev–Trinajstić information content (AvgIpc) is 2.23. The van der Waals surface area contributed by atoms with Crippen LogP contribution in [0.3, 0.4) is 0 Å². The predicted molar refractivity (Wildman–Crippen MR) is 69.2 cm³/mol. The summed E-state index contributed by atoms with van der Waals surface area (Å²) in [6.45, 7) is 6.26. The first kappa shape index (κ1) is 11.1. The number of aryl methyl sites for hydroxylation is 1. The second-order valence-electron chi connectivity index (χ2n) is 3.89. The zero-order valence-electron chi connectivity index (χ0n) is 9.07. The van der Waals surface area contributed by atoms with Crippen molar-refractivity contribution in [3.63, 3.8) is 0 Å². The molecule has 0 radical (unpaired) electrons. The molecule has 1 aromatic heterocycles. The van der Waals surface area contributed by atoms with Crippen molar-refractivity contribution in [2.24, 2.45) is 0 Å². The molecule has 1 saturated heterocycles. The second kappa shape index (κ2) is 4.61. The maximum absolute atomic E-state index is 4.51. The van der Waals surface area contributed by atoms with E-state index in [4.69, 9.17) is 0 Å². The summed E-state index contributed by atoms with van der Waals surface area (Å²) in [7, 11) is 2.15. The van der Waals surface area contributed by atoms with Gasteiger partial charge < -0.3 is 9.80 Å². The molecular formula is C10H15IN4. The zero-order valence-corrected chi connectivity index (χ0v) is 11.2. The van der Waals surface area contributed by atoms with Crippen LogP contribution in [-0.2, 0) is 0 Å². The van der Waals surface area contributed by atoms with Gasteiger partial charge in [-0.3, -0.25) is 0 Å². The molecule has 2 rings (SSSR count). The smallest absolute Gasteiger partial charge is 0.225 e. The van der Waals surface area contributed by atoms with E-state index in [1.54, 1.807) is 0 Å². The van der Waals surface area contributed by atoms with Crippen molar-refractivity contribution in [2.45, 2.75) is 6.92 Å². The van der Waals surface area contributed by atoms with Gasteiger partial charge in [0.2, 0.25) is 5.95 Å². The summed E-state index contributed by atoms with van der Waals surface area (Å²) >= 11 is 2.26. The van der Waals surface area contributed by atoms with Gasteiger partial charge in [-0.1, -0.05) is 0 Å². The van der Waals surface area contributed by atoms with Crippen LogP contribution in [0.2, 0.25) is 0 Å². The standard InChI is InChI=1S/C10H15IN4/c1-8-9(11)7-12-10(13-8)15-5-3-14(2)4-6-15/h7H,3-6H2,1-2H3. The van der Waals surface area contributed by atoms with Crippen molar-refractivity contribution >= 4 is 28.5 Å². The van der Waals surface area contributed by atoms with Crippen molar-refractivity contribution in [2.75, 3.05) is 38.1 Å². The lowest BCUT2D eigenvalue weighted by Gasteiger charge is -2.32. The summed E-state index contributed by atoms with van der Waals surface area (Å²) < 4.78 is 1.13. The Hall–Kier alpha value is -0.430. The molecule has 2 heterocycles. The lowest BCUT2D eigenvalue weighted by atomic mass is 10.3. The van der Waals surface area contributed by atoms with E-state index < -0.39 is 0 Å². The molecule has 82 valence electrons. The first-order valence-corrected chi connectivity index (χ1v) is 6.17. The molecule has 1 aromatic rings. The molecule has 0 saturated carbocycles. The average molecular weight is 318 g/mol. The number of rotatable bonds is 1. The Kier molecular flexibility index (Phi) is 3.40. The molecule has 0 aromatic carbocycles. The molecule has 1 aliphatic rings. The lowest BCUT2D eigenvalue weighted by molar-refractivity contribution is 0.311. The number of nitrogens with zero attached hydrogens (tertiary/aromatic N) is 4. The van der Waals surface area contributed by atoms with Gasteiger partial charge in [0.1, 0.15) is 0 Å². The van der Waals surface area contributed by atoms with E-state index in [0.29, 0.717) is 0 Å². The molecule has 0 atom stereocenters. The fourth-order valence-corrected chi connectivity index (χ4v) is 1.86. The molecule has 0 spiro atoms. The van der Waals surface area contributed by atoms with Gasteiger partial charge in [-0.2, -0.15) is 0 Å². The molecule has 0 bridgehead atoms. The minimum Gasteiger partial charge on any atom is -0.338 e. The quantitative estimate of drug-likeness (QED) is 0.727. The minimum absolute atomic E-state index is 0.876. The van der Waals surface area contributed by atoms with E-state index in [2.05, 4.69) is 49.4 Å². The number of hydrogen-bond acceptors (Lipinski definition) is 4. The number of piperazine rings is 1. The highest BCUT2D eigenvalue weighted by molar-refractivity contribution is 14.1. The molecule has 0 amide bonds. The van der Waals surface area contributed by atoms with Crippen LogP contribution in [0.4, 0.5) is 5.95 Å². The number of halogens is 1. The van der Waals surface area contributed by atoms with Gasteiger partial charge in [0.15, 0.2) is 0 Å². The van der Waals surface area contributed by atoms with Gasteiger partial charge in [-0.05, 0) is 36.6 Å². The first-order valence-electron chi connectivity index (χ1n) is 5.09. The normalized spacial score (nSPS) is 18.2. The van der Waals surface area contributed by atoms with Gasteiger partial charge in [0.25, 0.3) is 0 Å². The maximum Gasteiger partial charge on any atom is 0.225 e. The summed E-state index contributed by atoms with van der Waals surface area (Å²) in [6.07, 6.45) is 1.90. The fourth-order valence-electron chi connectivity index (χ4n) is 1.60. The van der Waals surface area contributed by atoms with Crippen molar-refractivity contribution in [3.05, 3.63) is 15.5 Å². The number of aromatic nitrogens is 2. The highest BCUT2D eigenvalue weighted by Gasteiger charge is 2.16. The van der Waals surface area contributed by atoms with E-state index in [1.165, 1.54) is 0 Å². The molecule has 0 unspecified atom stereocenters. The number of hydrogen-bond donors (Lipinski definition) is 0. The van der Waals surface area contributed by atoms with Crippen molar-refractivity contribution in [3.8, 4) is 0 Å². The maximum atomic E-state index is 4.51. The highest BCUT2D eigenvalue weighted by atomic mass is 127. The van der Waals surface area contributed by atoms with Gasteiger partial charge >= 0.3 is 0 Å². The number of anilines is 1. The lowest BCUT2D eigenvalue weighted by Crippen LogP contribution is -2.45. The van der Waals surface area contributed by atoms with Crippen LogP contribution >= 0.6 is 22.6 Å². The molecule has 5 heteroatoms. The Labute approximate surface area is 104 Å². The SMILES string of the molecule is Cc1nc(N2CCN(C)CC2)ncc1I. The van der Waals surface area contributed by atoms with Crippen LogP contribution < -0.4 is 4.90 Å². The van der Waals surface area contributed by atoms with Gasteiger partial charge in [0, 0.05) is 32.4 Å². The van der Waals surface area contributed by atoms with Gasteiger partial charge in [-0.25, -0.2) is 9.97 Å². The van der Waals surface area contributed by atoms with Crippen molar-refractivity contribution in [1.82, 2.24) is 14.9 Å². The Morgan fingerprint density at radius 1 is 1.27 bits per heavy atom. The Morgan fingerprint density at radius 3 is 2.53 bits per heavy atom. The zero-order chi connectivity index (χ0) is 10.8. The van der Waals surface area contributed by atoms with E-state index >= 15 is 0 Å². The fraction of sp³-hybridized carbons (Fsp3) is 0.600. The van der Waals surface area contributed by atoms with Crippen LogP contribution in [0.15, 0.2) is 6.20 Å². The van der Waals surface area contributed by atoms with E-state index in [-0.39, 0.29) is 0 Å². The Morgan fingerprint density at radius 2 is 1.93 bits per heavy atom. The second-order valence-corrected chi connectivity index (χ2v) is 5.06. The van der Waals surface area contributed by atoms with E-state index in [1.807, 2.05) is 13.1 Å². The van der Waals surface area contributed by atoms with Crippen LogP contribution in [0.1, 0.15) is 5.69 Å². The minimum atomic E-state index is 0.876. The molecule has 0 aliphatic carbocycles. The van der Waals surface area contributed by atoms with Gasteiger partial charge in [-0.15, -0.1) is 0 Å². The molecule has 1 fully saturated rings. The topological polar surface area (TPSA) is 32.3 Å². The number of likely N-dealkylation sites (N-methyl/N-ethyl adjacent to an activating group) is 1. The molecular weight excluding hydrogens is 303 g/mol. The highest BCUT2D eigenvalue weighted by Crippen LogP contribution is 2.14. The summed E-state index contributed by atoms with van der Waals surface area (Å²) in [5.41, 5.74) is 1.07. The third-order valence-electron chi connectivity index (χ3n) is 2.69. The summed E-state index contributed by atoms with van der Waals surface area (Å²) in [5.74, 6) is 0.876. The van der Waals surface area contributed by atoms with E-state index in [9.17, 15) is 0 Å². The molecule has 15 heavy (non-hydrogen) atoms. The summed E-state index contributed by atoms with van der Waals surface area (Å²) in [5, 5.41) is 0. The van der Waals surface area contributed by atoms with Gasteiger partial charge in [0.05, 0.1) is 9.26 Å². The molecule has 1 aliphatic heterocycles. The molecule has 4 nitrogen and oxygen atoms in total. The Balaban J connectivity index is 2.12. The van der Waals surface area contributed by atoms with Crippen molar-refractivity contribution in [1.29, 1.82) is 0 Å². The largest absolute Gasteiger partial charge is 0.338 e. The van der Waals surface area contributed by atoms with Crippen LogP contribution in [0.25, 0.3) is 0 Å². The third-order valence-corrected chi connectivity index (χ3v) is 3.75. The Bertz CT molecular complexity index is 347. The summed E-state index contributed by atoms with van der Waals surface area (Å²) in [6, 6.07) is 0. The van der Waals surface area contributed by atoms with Crippen LogP contribution in [0, 0.1) is 10.5 Å². The van der Waals surface area contributed by atoms with Crippen LogP contribution in [0.5, 0.6) is 0 Å². The van der Waals surface area contributed by atoms with Crippen molar-refractivity contribution < 1.29 is 0 Å².